The van der Waals surface area contributed by atoms with Crippen LogP contribution in [0, 0.1) is 0 Å². The van der Waals surface area contributed by atoms with Gasteiger partial charge >= 0.3 is 0 Å². The van der Waals surface area contributed by atoms with Gasteiger partial charge in [-0.05, 0) is 50.9 Å². The lowest BCUT2D eigenvalue weighted by atomic mass is 9.81. The first-order valence-corrected chi connectivity index (χ1v) is 12.0. The highest BCUT2D eigenvalue weighted by atomic mass is 127. The van der Waals surface area contributed by atoms with Crippen LogP contribution in [-0.4, -0.2) is 0 Å². The van der Waals surface area contributed by atoms with Crippen molar-refractivity contribution in [3.8, 4) is 11.3 Å². The summed E-state index contributed by atoms with van der Waals surface area (Å²) in [6.45, 7) is 4.32. The molecule has 0 spiro atoms. The van der Waals surface area contributed by atoms with Crippen molar-refractivity contribution in [3.63, 3.8) is 0 Å². The number of rotatable bonds is 4. The van der Waals surface area contributed by atoms with Gasteiger partial charge in [0.1, 0.15) is 0 Å². The Morgan fingerprint density at radius 2 is 1.30 bits per heavy atom. The maximum atomic E-state index is 4.32. The Bertz CT molecular complexity index is 1880. The second-order valence-corrected chi connectivity index (χ2v) is 9.13. The molecule has 5 aromatic carbocycles. The maximum Gasteiger partial charge on any atom is 0.219 e. The van der Waals surface area contributed by atoms with Gasteiger partial charge in [0.25, 0.3) is 0 Å². The van der Waals surface area contributed by atoms with E-state index in [9.17, 15) is 0 Å². The molecule has 0 aliphatic heterocycles. The number of nitrogens with one attached hydrogen (secondary N) is 2. The van der Waals surface area contributed by atoms with E-state index in [1.165, 1.54) is 59.9 Å². The molecule has 2 aromatic heterocycles. The van der Waals surface area contributed by atoms with Crippen LogP contribution >= 0.6 is 0 Å². The molecule has 0 aliphatic carbocycles. The quantitative estimate of drug-likeness (QED) is 0.115. The van der Waals surface area contributed by atoms with Gasteiger partial charge in [-0.3, -0.25) is 0 Å². The van der Waals surface area contributed by atoms with Gasteiger partial charge in [-0.2, -0.15) is 0 Å². The highest BCUT2D eigenvalue weighted by Crippen LogP contribution is 2.44. The summed E-state index contributed by atoms with van der Waals surface area (Å²) < 4.78 is 0. The molecular formula is C33H24I2N2. The van der Waals surface area contributed by atoms with E-state index in [0.717, 1.165) is 5.69 Å². The van der Waals surface area contributed by atoms with Crippen LogP contribution in [0.4, 0.5) is 0 Å². The molecule has 0 radical (unpaired) electrons. The molecule has 4 heteroatoms. The fourth-order valence-electron chi connectivity index (χ4n) is 5.83. The number of fused-ring (bicyclic) bond motifs is 3. The van der Waals surface area contributed by atoms with Crippen molar-refractivity contribution in [2.45, 2.75) is 5.92 Å². The minimum absolute atomic E-state index is 0. The first kappa shape index (κ1) is 25.5. The number of benzene rings is 5. The van der Waals surface area contributed by atoms with Gasteiger partial charge in [0.05, 0.1) is 16.3 Å². The van der Waals surface area contributed by atoms with Crippen molar-refractivity contribution in [2.24, 2.45) is 0 Å². The van der Waals surface area contributed by atoms with Crippen molar-refractivity contribution < 1.29 is 57.9 Å². The molecule has 37 heavy (non-hydrogen) atoms. The molecule has 0 saturated carbocycles. The van der Waals surface area contributed by atoms with Gasteiger partial charge in [-0.15, -0.1) is 6.58 Å². The normalized spacial score (nSPS) is 11.9. The maximum absolute atomic E-state index is 4.32. The van der Waals surface area contributed by atoms with E-state index in [4.69, 9.17) is 0 Å². The molecule has 0 bridgehead atoms. The summed E-state index contributed by atoms with van der Waals surface area (Å²) in [5, 5.41) is 9.01. The second-order valence-electron chi connectivity index (χ2n) is 9.13. The van der Waals surface area contributed by atoms with E-state index in [1.807, 2.05) is 18.5 Å². The molecular weight excluding hydrogens is 678 g/mol. The summed E-state index contributed by atoms with van der Waals surface area (Å²) in [4.78, 5) is 7.03. The van der Waals surface area contributed by atoms with Crippen LogP contribution in [0.25, 0.3) is 54.5 Å². The standard InChI is InChI=1S/C33H22N2.2HI/c1-2-23(24-10-3-4-11-25(24)29-14-5-6-19-34-29)27-18-17-22-16-15-21-9-7-12-26-28-13-8-20-35-33(28)32(27)31(22)30(21)26;;/h2-20,23H,1H2;2*1H. The number of aromatic nitrogens is 2. The smallest absolute Gasteiger partial charge is 0.219 e. The van der Waals surface area contributed by atoms with Crippen molar-refractivity contribution in [1.29, 1.82) is 0 Å². The van der Waals surface area contributed by atoms with Crippen LogP contribution in [0.1, 0.15) is 17.0 Å². The minimum atomic E-state index is 0. The summed E-state index contributed by atoms with van der Waals surface area (Å²) in [5.41, 5.74) is 5.97. The number of H-pyrrole nitrogens is 2. The Kier molecular flexibility index (Phi) is 7.14. The highest BCUT2D eigenvalue weighted by molar-refractivity contribution is 6.33. The Hall–Kier alpha value is -3.10. The predicted molar refractivity (Wildman–Crippen MR) is 145 cm³/mol. The van der Waals surface area contributed by atoms with Crippen LogP contribution in [0.3, 0.4) is 0 Å². The third-order valence-corrected chi connectivity index (χ3v) is 7.32. The lowest BCUT2D eigenvalue weighted by Crippen LogP contribution is -3.00. The summed E-state index contributed by atoms with van der Waals surface area (Å²) >= 11 is 0. The zero-order valence-electron chi connectivity index (χ0n) is 20.0. The van der Waals surface area contributed by atoms with E-state index in [2.05, 4.69) is 114 Å². The number of allylic oxidation sites excluding steroid dienone is 1. The van der Waals surface area contributed by atoms with Crippen LogP contribution in [-0.2, 0) is 0 Å². The summed E-state index contributed by atoms with van der Waals surface area (Å²) in [7, 11) is 0. The first-order chi connectivity index (χ1) is 17.3. The predicted octanol–water partition coefficient (Wildman–Crippen LogP) is 1.36. The van der Waals surface area contributed by atoms with Gasteiger partial charge in [0.15, 0.2) is 12.4 Å². The average molecular weight is 702 g/mol. The number of pyridine rings is 2. The second kappa shape index (κ2) is 10.3. The van der Waals surface area contributed by atoms with Crippen LogP contribution in [0.5, 0.6) is 0 Å². The number of hydrogen-bond acceptors (Lipinski definition) is 0. The Labute approximate surface area is 249 Å². The SMILES string of the molecule is C=CC(c1ccccc1-c1cccc[nH+]1)c1ccc2ccc3cccc4c5ccc[nH+]c5c1c2c34.[I-].[I-]. The molecule has 0 saturated heterocycles. The number of aromatic amines is 2. The van der Waals surface area contributed by atoms with E-state index >= 15 is 0 Å². The average Bonchev–Trinajstić information content (AvgIpc) is 2.93. The largest absolute Gasteiger partial charge is 1.00 e. The zero-order valence-corrected chi connectivity index (χ0v) is 24.3. The fraction of sp³-hybridized carbons (Fsp3) is 0.0303. The van der Waals surface area contributed by atoms with Crippen LogP contribution < -0.4 is 57.9 Å². The van der Waals surface area contributed by atoms with Gasteiger partial charge in [0, 0.05) is 29.5 Å². The molecule has 2 N–H and O–H groups in total. The van der Waals surface area contributed by atoms with Gasteiger partial charge in [-0.1, -0.05) is 66.7 Å². The molecule has 0 amide bonds. The molecule has 2 nitrogen and oxygen atoms in total. The van der Waals surface area contributed by atoms with Crippen LogP contribution in [0.2, 0.25) is 0 Å². The van der Waals surface area contributed by atoms with E-state index in [-0.39, 0.29) is 53.9 Å². The summed E-state index contributed by atoms with van der Waals surface area (Å²) in [6.07, 6.45) is 6.10. The van der Waals surface area contributed by atoms with E-state index in [0.29, 0.717) is 0 Å². The highest BCUT2D eigenvalue weighted by Gasteiger charge is 2.25. The monoisotopic (exact) mass is 702 g/mol. The lowest BCUT2D eigenvalue weighted by Gasteiger charge is -2.20. The third kappa shape index (κ3) is 3.97. The Morgan fingerprint density at radius 3 is 2.11 bits per heavy atom. The van der Waals surface area contributed by atoms with Crippen molar-refractivity contribution in [1.82, 2.24) is 0 Å². The first-order valence-electron chi connectivity index (χ1n) is 12.0. The molecule has 2 heterocycles. The Morgan fingerprint density at radius 1 is 0.568 bits per heavy atom. The van der Waals surface area contributed by atoms with Crippen LogP contribution in [0.15, 0.2) is 122 Å². The van der Waals surface area contributed by atoms with Crippen molar-refractivity contribution >= 4 is 43.2 Å². The van der Waals surface area contributed by atoms with Crippen molar-refractivity contribution in [2.75, 3.05) is 0 Å². The molecule has 7 aromatic rings. The molecule has 1 atom stereocenters. The topological polar surface area (TPSA) is 28.3 Å². The molecule has 180 valence electrons. The Balaban J connectivity index is 0.00000140. The van der Waals surface area contributed by atoms with Gasteiger partial charge in [0.2, 0.25) is 11.2 Å². The minimum Gasteiger partial charge on any atom is -1.00 e. The summed E-state index contributed by atoms with van der Waals surface area (Å²) in [6, 6.07) is 34.9. The van der Waals surface area contributed by atoms with Gasteiger partial charge < -0.3 is 48.0 Å². The molecule has 0 aliphatic rings. The molecule has 1 unspecified atom stereocenters. The lowest BCUT2D eigenvalue weighted by molar-refractivity contribution is -0.364. The zero-order chi connectivity index (χ0) is 23.4. The van der Waals surface area contributed by atoms with E-state index in [1.54, 1.807) is 0 Å². The summed E-state index contributed by atoms with van der Waals surface area (Å²) in [5.74, 6) is 0.0289. The molecule has 0 fully saturated rings. The van der Waals surface area contributed by atoms with Crippen molar-refractivity contribution in [3.05, 3.63) is 133 Å². The number of halogens is 2. The third-order valence-electron chi connectivity index (χ3n) is 7.32. The molecule has 7 rings (SSSR count). The fourth-order valence-corrected chi connectivity index (χ4v) is 5.83. The van der Waals surface area contributed by atoms with E-state index < -0.39 is 0 Å². The van der Waals surface area contributed by atoms with Gasteiger partial charge in [-0.25, -0.2) is 9.97 Å². The number of hydrogen-bond donors (Lipinski definition) is 0.